The van der Waals surface area contributed by atoms with E-state index in [1.165, 1.54) is 12.1 Å². The largest absolute Gasteiger partial charge is 0.306 e. The number of H-pyrrole nitrogens is 1. The van der Waals surface area contributed by atoms with Gasteiger partial charge in [-0.05, 0) is 12.1 Å². The van der Waals surface area contributed by atoms with E-state index in [0.29, 0.717) is 5.69 Å². The average Bonchev–Trinajstić information content (AvgIpc) is 2.28. The standard InChI is InChI=1S/C11H8ClFN2O/c12-6-7-5-10(16)15-11(14-7)8-3-1-2-4-9(8)13/h1-5H,6H2,(H,14,15,16). The summed E-state index contributed by atoms with van der Waals surface area (Å²) in [5, 5.41) is 0. The minimum Gasteiger partial charge on any atom is -0.306 e. The minimum absolute atomic E-state index is 0.116. The second kappa shape index (κ2) is 4.45. The maximum atomic E-state index is 13.4. The molecule has 0 saturated carbocycles. The molecule has 0 saturated heterocycles. The number of hydrogen-bond donors (Lipinski definition) is 1. The average molecular weight is 239 g/mol. The van der Waals surface area contributed by atoms with Gasteiger partial charge in [-0.3, -0.25) is 4.79 Å². The van der Waals surface area contributed by atoms with Crippen LogP contribution < -0.4 is 5.56 Å². The molecule has 16 heavy (non-hydrogen) atoms. The van der Waals surface area contributed by atoms with Crippen LogP contribution in [0.5, 0.6) is 0 Å². The van der Waals surface area contributed by atoms with Gasteiger partial charge >= 0.3 is 0 Å². The van der Waals surface area contributed by atoms with E-state index in [0.717, 1.165) is 0 Å². The smallest absolute Gasteiger partial charge is 0.251 e. The summed E-state index contributed by atoms with van der Waals surface area (Å²) in [4.78, 5) is 17.8. The predicted molar refractivity (Wildman–Crippen MR) is 59.8 cm³/mol. The number of benzene rings is 1. The van der Waals surface area contributed by atoms with E-state index in [1.54, 1.807) is 18.2 Å². The molecule has 3 nitrogen and oxygen atoms in total. The van der Waals surface area contributed by atoms with Gasteiger partial charge in [-0.1, -0.05) is 12.1 Å². The number of alkyl halides is 1. The molecule has 0 unspecified atom stereocenters. The molecule has 0 aliphatic heterocycles. The molecular formula is C11H8ClFN2O. The molecular weight excluding hydrogens is 231 g/mol. The van der Waals surface area contributed by atoms with Crippen LogP contribution >= 0.6 is 11.6 Å². The van der Waals surface area contributed by atoms with Crippen molar-refractivity contribution in [1.29, 1.82) is 0 Å². The van der Waals surface area contributed by atoms with E-state index in [1.807, 2.05) is 0 Å². The fourth-order valence-electron chi connectivity index (χ4n) is 1.36. The van der Waals surface area contributed by atoms with Crippen molar-refractivity contribution in [1.82, 2.24) is 9.97 Å². The monoisotopic (exact) mass is 238 g/mol. The predicted octanol–water partition coefficient (Wildman–Crippen LogP) is 2.31. The van der Waals surface area contributed by atoms with Crippen molar-refractivity contribution in [3.8, 4) is 11.4 Å². The van der Waals surface area contributed by atoms with Crippen LogP contribution in [0.25, 0.3) is 11.4 Å². The van der Waals surface area contributed by atoms with Crippen LogP contribution in [0.4, 0.5) is 4.39 Å². The quantitative estimate of drug-likeness (QED) is 0.816. The minimum atomic E-state index is -0.433. The first-order valence-corrected chi connectivity index (χ1v) is 5.15. The fraction of sp³-hybridized carbons (Fsp3) is 0.0909. The van der Waals surface area contributed by atoms with Gasteiger partial charge in [0.05, 0.1) is 17.1 Å². The molecule has 1 aromatic carbocycles. The van der Waals surface area contributed by atoms with Gasteiger partial charge in [-0.25, -0.2) is 9.37 Å². The third-order valence-electron chi connectivity index (χ3n) is 2.06. The summed E-state index contributed by atoms with van der Waals surface area (Å²) < 4.78 is 13.4. The van der Waals surface area contributed by atoms with E-state index in [2.05, 4.69) is 9.97 Å². The molecule has 0 atom stereocenters. The molecule has 1 N–H and O–H groups in total. The Morgan fingerprint density at radius 2 is 2.12 bits per heavy atom. The van der Waals surface area contributed by atoms with Crippen molar-refractivity contribution in [3.63, 3.8) is 0 Å². The molecule has 0 amide bonds. The van der Waals surface area contributed by atoms with Crippen molar-refractivity contribution < 1.29 is 4.39 Å². The van der Waals surface area contributed by atoms with E-state index in [-0.39, 0.29) is 22.8 Å². The summed E-state index contributed by atoms with van der Waals surface area (Å²) in [5.41, 5.74) is 0.333. The van der Waals surface area contributed by atoms with E-state index in [9.17, 15) is 9.18 Å². The third-order valence-corrected chi connectivity index (χ3v) is 2.33. The Hall–Kier alpha value is -1.68. The first-order valence-electron chi connectivity index (χ1n) is 4.62. The van der Waals surface area contributed by atoms with Gasteiger partial charge in [0.2, 0.25) is 0 Å². The van der Waals surface area contributed by atoms with Crippen LogP contribution in [0.15, 0.2) is 35.1 Å². The lowest BCUT2D eigenvalue weighted by Gasteiger charge is -2.03. The molecule has 2 aromatic rings. The van der Waals surface area contributed by atoms with Crippen LogP contribution in [-0.4, -0.2) is 9.97 Å². The summed E-state index contributed by atoms with van der Waals surface area (Å²) in [7, 11) is 0. The number of nitrogens with zero attached hydrogens (tertiary/aromatic N) is 1. The molecule has 0 aliphatic rings. The SMILES string of the molecule is O=c1cc(CCl)nc(-c2ccccc2F)[nH]1. The number of aromatic amines is 1. The summed E-state index contributed by atoms with van der Waals surface area (Å²) >= 11 is 5.59. The highest BCUT2D eigenvalue weighted by atomic mass is 35.5. The Kier molecular flexibility index (Phi) is 3.01. The van der Waals surface area contributed by atoms with Crippen molar-refractivity contribution in [3.05, 3.63) is 52.2 Å². The maximum Gasteiger partial charge on any atom is 0.251 e. The molecule has 1 heterocycles. The highest BCUT2D eigenvalue weighted by molar-refractivity contribution is 6.16. The van der Waals surface area contributed by atoms with Gasteiger partial charge in [-0.15, -0.1) is 11.6 Å². The van der Waals surface area contributed by atoms with E-state index >= 15 is 0 Å². The van der Waals surface area contributed by atoms with Gasteiger partial charge in [0.25, 0.3) is 5.56 Å². The summed E-state index contributed by atoms with van der Waals surface area (Å²) in [6.07, 6.45) is 0. The summed E-state index contributed by atoms with van der Waals surface area (Å²) in [6.45, 7) is 0. The fourth-order valence-corrected chi connectivity index (χ4v) is 1.49. The molecule has 0 aliphatic carbocycles. The van der Waals surface area contributed by atoms with Gasteiger partial charge in [0, 0.05) is 6.07 Å². The number of hydrogen-bond acceptors (Lipinski definition) is 2. The van der Waals surface area contributed by atoms with E-state index in [4.69, 9.17) is 11.6 Å². The first kappa shape index (κ1) is 10.8. The van der Waals surface area contributed by atoms with Gasteiger partial charge in [-0.2, -0.15) is 0 Å². The van der Waals surface area contributed by atoms with Crippen molar-refractivity contribution in [2.24, 2.45) is 0 Å². The lowest BCUT2D eigenvalue weighted by Crippen LogP contribution is -2.10. The maximum absolute atomic E-state index is 13.4. The highest BCUT2D eigenvalue weighted by Crippen LogP contribution is 2.17. The van der Waals surface area contributed by atoms with Crippen LogP contribution in [0, 0.1) is 5.82 Å². The zero-order chi connectivity index (χ0) is 11.5. The second-order valence-corrected chi connectivity index (χ2v) is 3.47. The molecule has 5 heteroatoms. The van der Waals surface area contributed by atoms with Crippen molar-refractivity contribution in [2.45, 2.75) is 5.88 Å². The zero-order valence-corrected chi connectivity index (χ0v) is 8.96. The number of halogens is 2. The lowest BCUT2D eigenvalue weighted by molar-refractivity contribution is 0.629. The number of rotatable bonds is 2. The normalized spacial score (nSPS) is 10.4. The summed E-state index contributed by atoms with van der Waals surface area (Å²) in [5.74, 6) is -0.121. The second-order valence-electron chi connectivity index (χ2n) is 3.20. The summed E-state index contributed by atoms with van der Waals surface area (Å²) in [6, 6.07) is 7.39. The number of nitrogens with one attached hydrogen (secondary N) is 1. The van der Waals surface area contributed by atoms with Crippen LogP contribution in [0.3, 0.4) is 0 Å². The Balaban J connectivity index is 2.60. The Morgan fingerprint density at radius 1 is 1.38 bits per heavy atom. The van der Waals surface area contributed by atoms with E-state index < -0.39 is 5.82 Å². The van der Waals surface area contributed by atoms with Crippen molar-refractivity contribution >= 4 is 11.6 Å². The number of aromatic nitrogens is 2. The van der Waals surface area contributed by atoms with Gasteiger partial charge in [0.1, 0.15) is 11.6 Å². The third kappa shape index (κ3) is 2.12. The van der Waals surface area contributed by atoms with Crippen LogP contribution in [0.2, 0.25) is 0 Å². The van der Waals surface area contributed by atoms with Gasteiger partial charge < -0.3 is 4.98 Å². The Bertz CT molecular complexity index is 568. The molecule has 0 spiro atoms. The highest BCUT2D eigenvalue weighted by Gasteiger charge is 2.07. The molecule has 0 bridgehead atoms. The first-order chi connectivity index (χ1) is 7.70. The Morgan fingerprint density at radius 3 is 2.81 bits per heavy atom. The molecule has 82 valence electrons. The molecule has 1 aromatic heterocycles. The molecule has 0 fully saturated rings. The molecule has 2 rings (SSSR count). The zero-order valence-electron chi connectivity index (χ0n) is 8.21. The lowest BCUT2D eigenvalue weighted by atomic mass is 10.2. The van der Waals surface area contributed by atoms with Crippen LogP contribution in [-0.2, 0) is 5.88 Å². The van der Waals surface area contributed by atoms with Gasteiger partial charge in [0.15, 0.2) is 0 Å². The Labute approximate surface area is 95.9 Å². The van der Waals surface area contributed by atoms with Crippen molar-refractivity contribution in [2.75, 3.05) is 0 Å². The topological polar surface area (TPSA) is 45.8 Å². The molecule has 0 radical (unpaired) electrons. The van der Waals surface area contributed by atoms with Crippen LogP contribution in [0.1, 0.15) is 5.69 Å².